The van der Waals surface area contributed by atoms with Crippen molar-refractivity contribution < 1.29 is 18.0 Å². The standard InChI is InChI=1S/C23H31F3N6O/c1-13(2)32-9-5-6-15-16(11-27-19(15)20(32)33)18-17(23(24,25)26)12-28-21(31-18)30-14-7-8-22(3,4)29-10-14/h11-14,27,29H,5-10H2,1-4H3,(H,28,30,31)/t14-/m0/s1. The number of rotatable bonds is 4. The van der Waals surface area contributed by atoms with Crippen molar-refractivity contribution in [2.24, 2.45) is 0 Å². The summed E-state index contributed by atoms with van der Waals surface area (Å²) in [6.07, 6.45) is 0.642. The Balaban J connectivity index is 1.70. The molecule has 7 nitrogen and oxygen atoms in total. The molecule has 2 aromatic heterocycles. The predicted octanol–water partition coefficient (Wildman–Crippen LogP) is 4.23. The molecule has 0 spiro atoms. The largest absolute Gasteiger partial charge is 0.419 e. The minimum absolute atomic E-state index is 0.00451. The molecule has 2 aliphatic heterocycles. The number of carbonyl (C=O) groups excluding carboxylic acids is 1. The van der Waals surface area contributed by atoms with Gasteiger partial charge in [0.25, 0.3) is 5.91 Å². The monoisotopic (exact) mass is 464 g/mol. The maximum Gasteiger partial charge on any atom is 0.419 e. The van der Waals surface area contributed by atoms with E-state index in [9.17, 15) is 18.0 Å². The number of piperidine rings is 1. The quantitative estimate of drug-likeness (QED) is 0.631. The molecule has 1 atom stereocenters. The number of nitrogens with one attached hydrogen (secondary N) is 3. The molecule has 0 aromatic carbocycles. The first kappa shape index (κ1) is 23.5. The molecule has 0 radical (unpaired) electrons. The Kier molecular flexibility index (Phi) is 6.15. The Labute approximate surface area is 191 Å². The summed E-state index contributed by atoms with van der Waals surface area (Å²) >= 11 is 0. The molecule has 0 bridgehead atoms. The van der Waals surface area contributed by atoms with Gasteiger partial charge in [-0.25, -0.2) is 9.97 Å². The fraction of sp³-hybridized carbons (Fsp3) is 0.609. The molecule has 10 heteroatoms. The molecule has 1 amide bonds. The summed E-state index contributed by atoms with van der Waals surface area (Å²) in [4.78, 5) is 26.0. The number of anilines is 1. The Bertz CT molecular complexity index is 1020. The van der Waals surface area contributed by atoms with Crippen molar-refractivity contribution in [2.75, 3.05) is 18.4 Å². The lowest BCUT2D eigenvalue weighted by atomic mass is 9.91. The van der Waals surface area contributed by atoms with Gasteiger partial charge < -0.3 is 20.5 Å². The topological polar surface area (TPSA) is 85.9 Å². The molecule has 2 aromatic rings. The van der Waals surface area contributed by atoms with Crippen LogP contribution in [0.5, 0.6) is 0 Å². The third-order valence-corrected chi connectivity index (χ3v) is 6.54. The van der Waals surface area contributed by atoms with Crippen LogP contribution in [0.1, 0.15) is 68.6 Å². The zero-order valence-electron chi connectivity index (χ0n) is 19.4. The van der Waals surface area contributed by atoms with Crippen LogP contribution in [-0.2, 0) is 12.6 Å². The van der Waals surface area contributed by atoms with Crippen molar-refractivity contribution >= 4 is 11.9 Å². The summed E-state index contributed by atoms with van der Waals surface area (Å²) in [6, 6.07) is 0.0250. The molecule has 1 fully saturated rings. The van der Waals surface area contributed by atoms with E-state index in [1.54, 1.807) is 4.90 Å². The third-order valence-electron chi connectivity index (χ3n) is 6.54. The average molecular weight is 465 g/mol. The molecule has 2 aliphatic rings. The summed E-state index contributed by atoms with van der Waals surface area (Å²) in [7, 11) is 0. The van der Waals surface area contributed by atoms with E-state index in [-0.39, 0.29) is 35.2 Å². The van der Waals surface area contributed by atoms with Crippen LogP contribution in [-0.4, -0.2) is 56.5 Å². The van der Waals surface area contributed by atoms with E-state index in [1.165, 1.54) is 6.20 Å². The number of alkyl halides is 3. The van der Waals surface area contributed by atoms with Crippen LogP contribution in [0.3, 0.4) is 0 Å². The fourth-order valence-electron chi connectivity index (χ4n) is 4.57. The summed E-state index contributed by atoms with van der Waals surface area (Å²) in [5.41, 5.74) is 0.159. The Morgan fingerprint density at radius 3 is 2.70 bits per heavy atom. The van der Waals surface area contributed by atoms with Crippen molar-refractivity contribution in [3.05, 3.63) is 29.2 Å². The Morgan fingerprint density at radius 2 is 2.06 bits per heavy atom. The molecule has 4 heterocycles. The lowest BCUT2D eigenvalue weighted by Gasteiger charge is -2.36. The van der Waals surface area contributed by atoms with Crippen LogP contribution in [0.4, 0.5) is 19.1 Å². The molecule has 0 saturated carbocycles. The highest BCUT2D eigenvalue weighted by Gasteiger charge is 2.38. The number of aromatic nitrogens is 3. The molecule has 0 unspecified atom stereocenters. The van der Waals surface area contributed by atoms with Crippen molar-refractivity contribution in [1.82, 2.24) is 25.2 Å². The fourth-order valence-corrected chi connectivity index (χ4v) is 4.57. The van der Waals surface area contributed by atoms with E-state index in [0.29, 0.717) is 42.8 Å². The van der Waals surface area contributed by atoms with Gasteiger partial charge in [0.15, 0.2) is 0 Å². The van der Waals surface area contributed by atoms with Gasteiger partial charge in [0.05, 0.1) is 5.69 Å². The molecule has 4 rings (SSSR count). The summed E-state index contributed by atoms with van der Waals surface area (Å²) in [6.45, 7) is 9.33. The van der Waals surface area contributed by atoms with E-state index in [1.807, 2.05) is 13.8 Å². The number of aromatic amines is 1. The van der Waals surface area contributed by atoms with Gasteiger partial charge in [-0.15, -0.1) is 0 Å². The highest BCUT2D eigenvalue weighted by Crippen LogP contribution is 2.39. The second-order valence-corrected chi connectivity index (χ2v) is 9.85. The second-order valence-electron chi connectivity index (χ2n) is 9.85. The van der Waals surface area contributed by atoms with Gasteiger partial charge in [-0.05, 0) is 58.9 Å². The lowest BCUT2D eigenvalue weighted by molar-refractivity contribution is -0.137. The number of halogens is 3. The minimum atomic E-state index is -4.62. The van der Waals surface area contributed by atoms with Gasteiger partial charge >= 0.3 is 6.18 Å². The van der Waals surface area contributed by atoms with E-state index >= 15 is 0 Å². The number of fused-ring (bicyclic) bond motifs is 1. The Morgan fingerprint density at radius 1 is 1.30 bits per heavy atom. The van der Waals surface area contributed by atoms with Gasteiger partial charge in [-0.2, -0.15) is 13.2 Å². The normalized spacial score (nSPS) is 21.2. The molecule has 1 saturated heterocycles. The maximum atomic E-state index is 13.9. The molecule has 3 N–H and O–H groups in total. The van der Waals surface area contributed by atoms with Crippen LogP contribution in [0.2, 0.25) is 0 Å². The van der Waals surface area contributed by atoms with Gasteiger partial charge in [0.1, 0.15) is 11.3 Å². The SMILES string of the molecule is CC(C)N1CCCc2c(-c3nc(N[C@H]4CCC(C)(C)NC4)ncc3C(F)(F)F)c[nH]c2C1=O. The van der Waals surface area contributed by atoms with Gasteiger partial charge in [-0.3, -0.25) is 4.79 Å². The zero-order valence-corrected chi connectivity index (χ0v) is 19.4. The number of amides is 1. The van der Waals surface area contributed by atoms with Crippen LogP contribution >= 0.6 is 0 Å². The van der Waals surface area contributed by atoms with Crippen LogP contribution in [0.25, 0.3) is 11.3 Å². The van der Waals surface area contributed by atoms with E-state index in [2.05, 4.69) is 39.4 Å². The number of hydrogen-bond donors (Lipinski definition) is 3. The number of H-pyrrole nitrogens is 1. The zero-order chi connectivity index (χ0) is 24.0. The maximum absolute atomic E-state index is 13.9. The van der Waals surface area contributed by atoms with Crippen LogP contribution in [0.15, 0.2) is 12.4 Å². The molecule has 0 aliphatic carbocycles. The third kappa shape index (κ3) is 4.85. The molecule has 33 heavy (non-hydrogen) atoms. The predicted molar refractivity (Wildman–Crippen MR) is 120 cm³/mol. The minimum Gasteiger partial charge on any atom is -0.356 e. The lowest BCUT2D eigenvalue weighted by Crippen LogP contribution is -2.50. The first-order chi connectivity index (χ1) is 15.5. The summed E-state index contributed by atoms with van der Waals surface area (Å²) < 4.78 is 41.6. The first-order valence-electron chi connectivity index (χ1n) is 11.4. The second kappa shape index (κ2) is 8.62. The van der Waals surface area contributed by atoms with E-state index < -0.39 is 11.7 Å². The van der Waals surface area contributed by atoms with Crippen molar-refractivity contribution in [2.45, 2.75) is 77.2 Å². The van der Waals surface area contributed by atoms with Gasteiger partial charge in [0, 0.05) is 48.7 Å². The number of hydrogen-bond acceptors (Lipinski definition) is 5. The average Bonchev–Trinajstić information content (AvgIpc) is 3.07. The van der Waals surface area contributed by atoms with Crippen LogP contribution < -0.4 is 10.6 Å². The van der Waals surface area contributed by atoms with E-state index in [0.717, 1.165) is 19.0 Å². The van der Waals surface area contributed by atoms with Gasteiger partial charge in [0.2, 0.25) is 5.95 Å². The van der Waals surface area contributed by atoms with Crippen molar-refractivity contribution in [1.29, 1.82) is 0 Å². The highest BCUT2D eigenvalue weighted by molar-refractivity contribution is 5.96. The number of nitrogens with zero attached hydrogens (tertiary/aromatic N) is 3. The van der Waals surface area contributed by atoms with Gasteiger partial charge in [-0.1, -0.05) is 0 Å². The Hall–Kier alpha value is -2.62. The summed E-state index contributed by atoms with van der Waals surface area (Å²) in [5, 5.41) is 6.61. The molecular formula is C23H31F3N6O. The molecular weight excluding hydrogens is 433 g/mol. The smallest absolute Gasteiger partial charge is 0.356 e. The van der Waals surface area contributed by atoms with Crippen molar-refractivity contribution in [3.8, 4) is 11.3 Å². The molecule has 180 valence electrons. The van der Waals surface area contributed by atoms with E-state index in [4.69, 9.17) is 0 Å². The number of carbonyl (C=O) groups is 1. The first-order valence-corrected chi connectivity index (χ1v) is 11.4. The van der Waals surface area contributed by atoms with Crippen LogP contribution in [0, 0.1) is 0 Å². The summed E-state index contributed by atoms with van der Waals surface area (Å²) in [5.74, 6) is -0.0381. The van der Waals surface area contributed by atoms with Crippen molar-refractivity contribution in [3.63, 3.8) is 0 Å². The highest BCUT2D eigenvalue weighted by atomic mass is 19.4.